The van der Waals surface area contributed by atoms with Gasteiger partial charge in [-0.15, -0.1) is 0 Å². The zero-order valence-corrected chi connectivity index (χ0v) is 9.49. The molecule has 0 spiro atoms. The first-order chi connectivity index (χ1) is 5.93. The van der Waals surface area contributed by atoms with Gasteiger partial charge in [0.25, 0.3) is 5.97 Å². The molecule has 0 aliphatic carbocycles. The van der Waals surface area contributed by atoms with Crippen molar-refractivity contribution in [3.63, 3.8) is 0 Å². The molecule has 0 atom stereocenters. The normalized spacial score (nSPS) is 8.00. The SMILES string of the molecule is CC(=O)O.Clc1ccc(Cl)c(Cl)c1.O. The average molecular weight is 260 g/mol. The molecule has 80 valence electrons. The fourth-order valence-electron chi connectivity index (χ4n) is 0.470. The predicted molar refractivity (Wildman–Crippen MR) is 58.4 cm³/mol. The molecule has 0 radical (unpaired) electrons. The Kier molecular flexibility index (Phi) is 8.99. The third-order valence-corrected chi connectivity index (χ3v) is 1.86. The number of aliphatic carboxylic acids is 1. The Balaban J connectivity index is 0. The van der Waals surface area contributed by atoms with Gasteiger partial charge >= 0.3 is 0 Å². The van der Waals surface area contributed by atoms with Crippen LogP contribution in [0, 0.1) is 0 Å². The van der Waals surface area contributed by atoms with Crippen LogP contribution in [0.1, 0.15) is 6.92 Å². The molecule has 0 aliphatic rings. The highest BCUT2D eigenvalue weighted by molar-refractivity contribution is 6.43. The van der Waals surface area contributed by atoms with Gasteiger partial charge in [-0.2, -0.15) is 0 Å². The summed E-state index contributed by atoms with van der Waals surface area (Å²) in [5.41, 5.74) is 0. The summed E-state index contributed by atoms with van der Waals surface area (Å²) in [7, 11) is 0. The highest BCUT2D eigenvalue weighted by Crippen LogP contribution is 2.24. The van der Waals surface area contributed by atoms with Crippen LogP contribution < -0.4 is 0 Å². The molecule has 0 fully saturated rings. The zero-order chi connectivity index (χ0) is 10.4. The number of benzene rings is 1. The van der Waals surface area contributed by atoms with Crippen LogP contribution in [0.5, 0.6) is 0 Å². The van der Waals surface area contributed by atoms with Crippen molar-refractivity contribution >= 4 is 40.8 Å². The molecule has 0 aliphatic heterocycles. The van der Waals surface area contributed by atoms with Gasteiger partial charge < -0.3 is 10.6 Å². The standard InChI is InChI=1S/C6H3Cl3.C2H4O2.H2O/c7-4-1-2-5(8)6(9)3-4;1-2(3)4;/h1-3H;1H3,(H,3,4);1H2. The molecular formula is C8H9Cl3O3. The van der Waals surface area contributed by atoms with Gasteiger partial charge in [0.1, 0.15) is 0 Å². The molecule has 1 aromatic carbocycles. The third-order valence-electron chi connectivity index (χ3n) is 0.882. The van der Waals surface area contributed by atoms with E-state index >= 15 is 0 Å². The first-order valence-electron chi connectivity index (χ1n) is 3.23. The molecular weight excluding hydrogens is 250 g/mol. The molecule has 0 amide bonds. The van der Waals surface area contributed by atoms with E-state index in [0.717, 1.165) is 6.92 Å². The Morgan fingerprint density at radius 1 is 1.21 bits per heavy atom. The van der Waals surface area contributed by atoms with E-state index in [1.165, 1.54) is 0 Å². The lowest BCUT2D eigenvalue weighted by atomic mass is 10.4. The number of carboxylic acid groups (broad SMARTS) is 1. The fraction of sp³-hybridized carbons (Fsp3) is 0.125. The van der Waals surface area contributed by atoms with Gasteiger partial charge in [0, 0.05) is 11.9 Å². The minimum atomic E-state index is -0.833. The molecule has 0 bridgehead atoms. The van der Waals surface area contributed by atoms with E-state index in [1.807, 2.05) is 0 Å². The van der Waals surface area contributed by atoms with Gasteiger partial charge in [-0.05, 0) is 18.2 Å². The molecule has 1 rings (SSSR count). The number of carbonyl (C=O) groups is 1. The number of carboxylic acids is 1. The van der Waals surface area contributed by atoms with E-state index in [2.05, 4.69) is 0 Å². The number of hydrogen-bond acceptors (Lipinski definition) is 1. The first-order valence-corrected chi connectivity index (χ1v) is 4.37. The highest BCUT2D eigenvalue weighted by Gasteiger charge is 1.94. The van der Waals surface area contributed by atoms with Crippen molar-refractivity contribution in [2.45, 2.75) is 6.92 Å². The summed E-state index contributed by atoms with van der Waals surface area (Å²) in [5.74, 6) is -0.833. The summed E-state index contributed by atoms with van der Waals surface area (Å²) in [4.78, 5) is 9.00. The smallest absolute Gasteiger partial charge is 0.300 e. The number of hydrogen-bond donors (Lipinski definition) is 1. The molecule has 14 heavy (non-hydrogen) atoms. The molecule has 0 aromatic heterocycles. The Hall–Kier alpha value is -0.480. The Bertz CT molecular complexity index is 298. The summed E-state index contributed by atoms with van der Waals surface area (Å²) < 4.78 is 0. The first kappa shape index (κ1) is 16.0. The maximum atomic E-state index is 9.00. The molecule has 0 unspecified atom stereocenters. The summed E-state index contributed by atoms with van der Waals surface area (Å²) in [6.07, 6.45) is 0. The van der Waals surface area contributed by atoms with Crippen LogP contribution in [0.3, 0.4) is 0 Å². The van der Waals surface area contributed by atoms with E-state index in [4.69, 9.17) is 44.7 Å². The zero-order valence-electron chi connectivity index (χ0n) is 7.22. The second-order valence-corrected chi connectivity index (χ2v) is 3.33. The summed E-state index contributed by atoms with van der Waals surface area (Å²) >= 11 is 16.8. The molecule has 0 saturated carbocycles. The van der Waals surface area contributed by atoms with Crippen molar-refractivity contribution in [3.8, 4) is 0 Å². The lowest BCUT2D eigenvalue weighted by molar-refractivity contribution is -0.134. The van der Waals surface area contributed by atoms with Crippen LogP contribution in [0.2, 0.25) is 15.1 Å². The topological polar surface area (TPSA) is 68.8 Å². The quantitative estimate of drug-likeness (QED) is 0.728. The maximum Gasteiger partial charge on any atom is 0.300 e. The lowest BCUT2D eigenvalue weighted by Crippen LogP contribution is -1.78. The Labute approximate surface area is 96.5 Å². The summed E-state index contributed by atoms with van der Waals surface area (Å²) in [5, 5.41) is 9.04. The summed E-state index contributed by atoms with van der Waals surface area (Å²) in [6, 6.07) is 4.95. The second-order valence-electron chi connectivity index (χ2n) is 2.08. The number of halogens is 3. The minimum Gasteiger partial charge on any atom is -0.481 e. The van der Waals surface area contributed by atoms with Crippen molar-refractivity contribution in [2.75, 3.05) is 0 Å². The van der Waals surface area contributed by atoms with Crippen LogP contribution in [-0.4, -0.2) is 16.6 Å². The van der Waals surface area contributed by atoms with E-state index in [-0.39, 0.29) is 5.48 Å². The average Bonchev–Trinajstić information content (AvgIpc) is 1.96. The van der Waals surface area contributed by atoms with Crippen LogP contribution in [0.4, 0.5) is 0 Å². The van der Waals surface area contributed by atoms with Gasteiger partial charge in [0.2, 0.25) is 0 Å². The van der Waals surface area contributed by atoms with Crippen LogP contribution in [0.15, 0.2) is 18.2 Å². The molecule has 6 heteroatoms. The maximum absolute atomic E-state index is 9.00. The Morgan fingerprint density at radius 3 is 1.93 bits per heavy atom. The minimum absolute atomic E-state index is 0. The van der Waals surface area contributed by atoms with Gasteiger partial charge in [-0.1, -0.05) is 34.8 Å². The lowest BCUT2D eigenvalue weighted by Gasteiger charge is -1.92. The summed E-state index contributed by atoms with van der Waals surface area (Å²) in [6.45, 7) is 1.08. The van der Waals surface area contributed by atoms with Gasteiger partial charge in [-0.25, -0.2) is 0 Å². The molecule has 1 aromatic rings. The van der Waals surface area contributed by atoms with Crippen molar-refractivity contribution in [1.82, 2.24) is 0 Å². The van der Waals surface area contributed by atoms with Crippen molar-refractivity contribution in [1.29, 1.82) is 0 Å². The van der Waals surface area contributed by atoms with Crippen molar-refractivity contribution in [3.05, 3.63) is 33.3 Å². The largest absolute Gasteiger partial charge is 0.481 e. The Morgan fingerprint density at radius 2 is 1.64 bits per heavy atom. The van der Waals surface area contributed by atoms with E-state index < -0.39 is 5.97 Å². The van der Waals surface area contributed by atoms with Crippen LogP contribution in [-0.2, 0) is 4.79 Å². The molecule has 3 nitrogen and oxygen atoms in total. The highest BCUT2D eigenvalue weighted by atomic mass is 35.5. The van der Waals surface area contributed by atoms with Gasteiger partial charge in [-0.3, -0.25) is 4.79 Å². The fourth-order valence-corrected chi connectivity index (χ4v) is 0.997. The molecule has 0 heterocycles. The van der Waals surface area contributed by atoms with E-state index in [0.29, 0.717) is 15.1 Å². The van der Waals surface area contributed by atoms with Crippen molar-refractivity contribution in [2.24, 2.45) is 0 Å². The second kappa shape index (κ2) is 7.88. The number of rotatable bonds is 0. The van der Waals surface area contributed by atoms with E-state index in [9.17, 15) is 0 Å². The van der Waals surface area contributed by atoms with Crippen LogP contribution in [0.25, 0.3) is 0 Å². The third kappa shape index (κ3) is 8.13. The van der Waals surface area contributed by atoms with Crippen LogP contribution >= 0.6 is 34.8 Å². The van der Waals surface area contributed by atoms with Crippen molar-refractivity contribution < 1.29 is 15.4 Å². The van der Waals surface area contributed by atoms with E-state index in [1.54, 1.807) is 18.2 Å². The van der Waals surface area contributed by atoms with Gasteiger partial charge in [0.05, 0.1) is 10.0 Å². The monoisotopic (exact) mass is 258 g/mol. The predicted octanol–water partition coefficient (Wildman–Crippen LogP) is 2.91. The van der Waals surface area contributed by atoms with Gasteiger partial charge in [0.15, 0.2) is 0 Å². The molecule has 3 N–H and O–H groups in total. The molecule has 0 saturated heterocycles.